The molecule has 92 valence electrons. The monoisotopic (exact) mass is 273 g/mol. The van der Waals surface area contributed by atoms with Crippen LogP contribution in [0.1, 0.15) is 5.01 Å². The third-order valence-electron chi connectivity index (χ3n) is 1.96. The number of ether oxygens (including phenoxy) is 1. The molecule has 0 aliphatic carbocycles. The molecular weight excluding hydrogens is 262 g/mol. The number of hydrogen-bond acceptors (Lipinski definition) is 6. The molecule has 17 heavy (non-hydrogen) atoms. The molecule has 2 heterocycles. The molecule has 0 aromatic carbocycles. The summed E-state index contributed by atoms with van der Waals surface area (Å²) in [6.45, 7) is 2.15. The van der Waals surface area contributed by atoms with E-state index in [2.05, 4.69) is 20.6 Å². The summed E-state index contributed by atoms with van der Waals surface area (Å²) in [6, 6.07) is 0. The average molecular weight is 274 g/mol. The van der Waals surface area contributed by atoms with Gasteiger partial charge in [-0.1, -0.05) is 22.9 Å². The molecule has 6 nitrogen and oxygen atoms in total. The fraction of sp³-hybridized carbons (Fsp3) is 0.444. The molecule has 0 unspecified atom stereocenters. The first kappa shape index (κ1) is 12.4. The summed E-state index contributed by atoms with van der Waals surface area (Å²) in [5.74, 6) is 0. The summed E-state index contributed by atoms with van der Waals surface area (Å²) in [5, 5.41) is 17.6. The van der Waals surface area contributed by atoms with Gasteiger partial charge in [0.2, 0.25) is 5.13 Å². The van der Waals surface area contributed by atoms with Crippen LogP contribution >= 0.6 is 22.9 Å². The minimum Gasteiger partial charge on any atom is -0.383 e. The molecule has 2 aromatic rings. The van der Waals surface area contributed by atoms with E-state index in [1.54, 1.807) is 24.2 Å². The first-order valence-electron chi connectivity index (χ1n) is 5.02. The lowest BCUT2D eigenvalue weighted by Gasteiger charge is -1.99. The molecule has 0 spiro atoms. The van der Waals surface area contributed by atoms with Gasteiger partial charge < -0.3 is 10.1 Å². The number of hydrogen-bond donors (Lipinski definition) is 1. The normalized spacial score (nSPS) is 10.9. The average Bonchev–Trinajstić information content (AvgIpc) is 2.93. The van der Waals surface area contributed by atoms with Gasteiger partial charge in [0, 0.05) is 20.2 Å². The first-order chi connectivity index (χ1) is 8.29. The lowest BCUT2D eigenvalue weighted by atomic mass is 10.6. The van der Waals surface area contributed by atoms with Crippen LogP contribution in [0.4, 0.5) is 0 Å². The Hall–Kier alpha value is -1.02. The van der Waals surface area contributed by atoms with E-state index < -0.39 is 0 Å². The van der Waals surface area contributed by atoms with Gasteiger partial charge in [0.05, 0.1) is 24.0 Å². The molecular formula is C9H12ClN5OS. The Labute approximate surface area is 108 Å². The molecule has 0 atom stereocenters. The van der Waals surface area contributed by atoms with Crippen molar-refractivity contribution in [1.82, 2.24) is 25.3 Å². The van der Waals surface area contributed by atoms with Crippen LogP contribution in [0, 0.1) is 0 Å². The quantitative estimate of drug-likeness (QED) is 0.799. The predicted octanol–water partition coefficient (Wildman–Crippen LogP) is 1.11. The van der Waals surface area contributed by atoms with E-state index in [1.807, 2.05) is 0 Å². The third-order valence-corrected chi connectivity index (χ3v) is 3.07. The lowest BCUT2D eigenvalue weighted by molar-refractivity contribution is 0.199. The second kappa shape index (κ2) is 6.06. The summed E-state index contributed by atoms with van der Waals surface area (Å²) in [5.41, 5.74) is 0. The molecule has 0 amide bonds. The Morgan fingerprint density at radius 3 is 3.12 bits per heavy atom. The van der Waals surface area contributed by atoms with Gasteiger partial charge in [-0.15, -0.1) is 10.2 Å². The zero-order chi connectivity index (χ0) is 12.1. The molecule has 0 radical (unpaired) electrons. The van der Waals surface area contributed by atoms with Crippen LogP contribution in [-0.2, 0) is 11.3 Å². The van der Waals surface area contributed by atoms with E-state index in [4.69, 9.17) is 16.3 Å². The maximum Gasteiger partial charge on any atom is 0.232 e. The van der Waals surface area contributed by atoms with Crippen molar-refractivity contribution in [2.24, 2.45) is 0 Å². The molecule has 8 heteroatoms. The van der Waals surface area contributed by atoms with Crippen LogP contribution in [0.3, 0.4) is 0 Å². The van der Waals surface area contributed by atoms with E-state index >= 15 is 0 Å². The molecule has 0 aliphatic heterocycles. The van der Waals surface area contributed by atoms with E-state index in [1.165, 1.54) is 11.3 Å². The van der Waals surface area contributed by atoms with E-state index in [9.17, 15) is 0 Å². The zero-order valence-corrected chi connectivity index (χ0v) is 10.8. The molecule has 0 saturated carbocycles. The summed E-state index contributed by atoms with van der Waals surface area (Å²) in [4.78, 5) is 0. The largest absolute Gasteiger partial charge is 0.383 e. The Morgan fingerprint density at radius 1 is 1.53 bits per heavy atom. The Balaban J connectivity index is 1.92. The van der Waals surface area contributed by atoms with Gasteiger partial charge in [0.25, 0.3) is 0 Å². The summed E-state index contributed by atoms with van der Waals surface area (Å²) < 4.78 is 6.54. The van der Waals surface area contributed by atoms with Crippen molar-refractivity contribution < 1.29 is 4.74 Å². The fourth-order valence-electron chi connectivity index (χ4n) is 1.18. The number of nitrogens with zero attached hydrogens (tertiary/aromatic N) is 4. The maximum absolute atomic E-state index is 5.78. The van der Waals surface area contributed by atoms with E-state index in [-0.39, 0.29) is 0 Å². The van der Waals surface area contributed by atoms with Crippen molar-refractivity contribution >= 4 is 22.9 Å². The van der Waals surface area contributed by atoms with Crippen LogP contribution in [0.2, 0.25) is 5.02 Å². The van der Waals surface area contributed by atoms with Crippen LogP contribution in [0.5, 0.6) is 0 Å². The van der Waals surface area contributed by atoms with Gasteiger partial charge in [-0.2, -0.15) is 5.10 Å². The van der Waals surface area contributed by atoms with Crippen molar-refractivity contribution in [1.29, 1.82) is 0 Å². The summed E-state index contributed by atoms with van der Waals surface area (Å²) >= 11 is 7.26. The Kier molecular flexibility index (Phi) is 4.43. The van der Waals surface area contributed by atoms with Crippen LogP contribution in [-0.4, -0.2) is 40.2 Å². The highest BCUT2D eigenvalue weighted by molar-refractivity contribution is 7.13. The number of aromatic nitrogens is 4. The first-order valence-corrected chi connectivity index (χ1v) is 6.21. The Bertz CT molecular complexity index is 471. The predicted molar refractivity (Wildman–Crippen MR) is 65.6 cm³/mol. The smallest absolute Gasteiger partial charge is 0.232 e. The second-order valence-electron chi connectivity index (χ2n) is 3.25. The minimum absolute atomic E-state index is 0.583. The van der Waals surface area contributed by atoms with Crippen molar-refractivity contribution in [3.63, 3.8) is 0 Å². The van der Waals surface area contributed by atoms with Crippen LogP contribution in [0.15, 0.2) is 12.4 Å². The molecule has 0 fully saturated rings. The summed E-state index contributed by atoms with van der Waals surface area (Å²) in [7, 11) is 1.67. The van der Waals surface area contributed by atoms with Crippen LogP contribution in [0.25, 0.3) is 5.13 Å². The van der Waals surface area contributed by atoms with Crippen molar-refractivity contribution in [3.8, 4) is 5.13 Å². The van der Waals surface area contributed by atoms with Crippen molar-refractivity contribution in [2.45, 2.75) is 6.54 Å². The number of rotatable bonds is 6. The number of methoxy groups -OCH3 is 1. The SMILES string of the molecule is COCCNCc1nnc(-n2cc(Cl)cn2)s1. The fourth-order valence-corrected chi connectivity index (χ4v) is 2.06. The van der Waals surface area contributed by atoms with Gasteiger partial charge in [-0.25, -0.2) is 4.68 Å². The molecule has 1 N–H and O–H groups in total. The molecule has 2 rings (SSSR count). The topological polar surface area (TPSA) is 64.9 Å². The number of halogens is 1. The van der Waals surface area contributed by atoms with Gasteiger partial charge in [0.15, 0.2) is 0 Å². The number of nitrogens with one attached hydrogen (secondary N) is 1. The minimum atomic E-state index is 0.583. The molecule has 0 bridgehead atoms. The molecule has 0 saturated heterocycles. The zero-order valence-electron chi connectivity index (χ0n) is 9.26. The second-order valence-corrected chi connectivity index (χ2v) is 4.73. The summed E-state index contributed by atoms with van der Waals surface area (Å²) in [6.07, 6.45) is 3.27. The van der Waals surface area contributed by atoms with Gasteiger partial charge in [-0.3, -0.25) is 0 Å². The van der Waals surface area contributed by atoms with Gasteiger partial charge >= 0.3 is 0 Å². The molecule has 2 aromatic heterocycles. The standard InChI is InChI=1S/C9H12ClN5OS/c1-16-3-2-11-5-8-13-14-9(17-8)15-6-7(10)4-12-15/h4,6,11H,2-3,5H2,1H3. The van der Waals surface area contributed by atoms with Gasteiger partial charge in [-0.05, 0) is 0 Å². The highest BCUT2D eigenvalue weighted by Gasteiger charge is 2.06. The van der Waals surface area contributed by atoms with Crippen molar-refractivity contribution in [2.75, 3.05) is 20.3 Å². The highest BCUT2D eigenvalue weighted by atomic mass is 35.5. The van der Waals surface area contributed by atoms with Gasteiger partial charge in [0.1, 0.15) is 5.01 Å². The van der Waals surface area contributed by atoms with E-state index in [0.29, 0.717) is 23.3 Å². The lowest BCUT2D eigenvalue weighted by Crippen LogP contribution is -2.18. The molecule has 0 aliphatic rings. The Morgan fingerprint density at radius 2 is 2.41 bits per heavy atom. The van der Waals surface area contributed by atoms with E-state index in [0.717, 1.165) is 11.6 Å². The highest BCUT2D eigenvalue weighted by Crippen LogP contribution is 2.15. The maximum atomic E-state index is 5.78. The third kappa shape index (κ3) is 3.47. The van der Waals surface area contributed by atoms with Crippen LogP contribution < -0.4 is 5.32 Å². The van der Waals surface area contributed by atoms with Crippen molar-refractivity contribution in [3.05, 3.63) is 22.4 Å².